The van der Waals surface area contributed by atoms with E-state index in [2.05, 4.69) is 4.74 Å². The number of hydrogen-bond acceptors (Lipinski definition) is 3. The summed E-state index contributed by atoms with van der Waals surface area (Å²) in [5.41, 5.74) is 5.52. The average molecular weight is 130 g/mol. The average Bonchev–Trinajstić information content (AvgIpc) is 1.84. The molecule has 3 heteroatoms. The molecule has 3 nitrogen and oxygen atoms in total. The van der Waals surface area contributed by atoms with Crippen LogP contribution in [0.15, 0.2) is 0 Å². The minimum absolute atomic E-state index is 0.157. The molecule has 0 saturated heterocycles. The largest absolute Gasteiger partial charge is 0.483 e. The van der Waals surface area contributed by atoms with Crippen LogP contribution in [-0.4, -0.2) is 19.0 Å². The van der Waals surface area contributed by atoms with E-state index in [1.807, 2.05) is 13.8 Å². The lowest BCUT2D eigenvalue weighted by Gasteiger charge is -2.14. The fourth-order valence-electron chi connectivity index (χ4n) is 0.439. The van der Waals surface area contributed by atoms with Crippen molar-refractivity contribution in [2.45, 2.75) is 19.9 Å². The van der Waals surface area contributed by atoms with E-state index < -0.39 is 0 Å². The topological polar surface area (TPSA) is 59.1 Å². The maximum absolute atomic E-state index is 7.13. The molecule has 54 valence electrons. The molecule has 3 N–H and O–H groups in total. The lowest BCUT2D eigenvalue weighted by atomic mass is 10.1. The van der Waals surface area contributed by atoms with Gasteiger partial charge in [0.15, 0.2) is 5.90 Å². The monoisotopic (exact) mass is 130 g/mol. The van der Waals surface area contributed by atoms with Gasteiger partial charge in [0.1, 0.15) is 0 Å². The van der Waals surface area contributed by atoms with E-state index in [4.69, 9.17) is 11.1 Å². The molecule has 0 aliphatic heterocycles. The van der Waals surface area contributed by atoms with Crippen molar-refractivity contribution in [2.24, 2.45) is 11.7 Å². The highest BCUT2D eigenvalue weighted by atomic mass is 16.5. The second-order valence-corrected chi connectivity index (χ2v) is 2.34. The van der Waals surface area contributed by atoms with Crippen LogP contribution in [-0.2, 0) is 4.74 Å². The summed E-state index contributed by atoms with van der Waals surface area (Å²) in [6, 6.07) is -0.255. The summed E-state index contributed by atoms with van der Waals surface area (Å²) in [6.07, 6.45) is 0. The van der Waals surface area contributed by atoms with Gasteiger partial charge >= 0.3 is 0 Å². The molecular formula is C6H14N2O. The highest BCUT2D eigenvalue weighted by Crippen LogP contribution is 1.98. The van der Waals surface area contributed by atoms with Crippen LogP contribution in [0.5, 0.6) is 0 Å². The molecule has 0 aliphatic rings. The Kier molecular flexibility index (Phi) is 3.24. The molecule has 0 aromatic carbocycles. The van der Waals surface area contributed by atoms with E-state index in [1.165, 1.54) is 7.11 Å². The van der Waals surface area contributed by atoms with Crippen LogP contribution in [0.4, 0.5) is 0 Å². The molecule has 0 rings (SSSR count). The van der Waals surface area contributed by atoms with Crippen LogP contribution in [0.25, 0.3) is 0 Å². The molecule has 0 amide bonds. The van der Waals surface area contributed by atoms with Crippen molar-refractivity contribution in [3.8, 4) is 0 Å². The van der Waals surface area contributed by atoms with Crippen molar-refractivity contribution in [3.05, 3.63) is 0 Å². The third kappa shape index (κ3) is 2.46. The fraction of sp³-hybridized carbons (Fsp3) is 0.833. The maximum Gasteiger partial charge on any atom is 0.197 e. The number of rotatable bonds is 2. The number of ether oxygens (including phenoxy) is 1. The molecular weight excluding hydrogens is 116 g/mol. The summed E-state index contributed by atoms with van der Waals surface area (Å²) in [4.78, 5) is 0. The van der Waals surface area contributed by atoms with Gasteiger partial charge in [-0.25, -0.2) is 0 Å². The molecule has 0 radical (unpaired) electrons. The van der Waals surface area contributed by atoms with E-state index in [1.54, 1.807) is 0 Å². The number of nitrogens with one attached hydrogen (secondary N) is 1. The Bertz CT molecular complexity index is 101. The molecule has 0 aromatic heterocycles. The first-order valence-corrected chi connectivity index (χ1v) is 2.97. The standard InChI is InChI=1S/C6H14N2O/c1-4(2)5(7)6(8)9-3/h4-5,8H,7H2,1-3H3. The van der Waals surface area contributed by atoms with Gasteiger partial charge in [0, 0.05) is 0 Å². The smallest absolute Gasteiger partial charge is 0.197 e. The van der Waals surface area contributed by atoms with Crippen LogP contribution in [0, 0.1) is 11.3 Å². The van der Waals surface area contributed by atoms with Crippen LogP contribution < -0.4 is 5.73 Å². The van der Waals surface area contributed by atoms with Gasteiger partial charge in [0.25, 0.3) is 0 Å². The summed E-state index contributed by atoms with van der Waals surface area (Å²) in [5, 5.41) is 7.13. The van der Waals surface area contributed by atoms with E-state index in [0.29, 0.717) is 0 Å². The maximum atomic E-state index is 7.13. The molecule has 1 unspecified atom stereocenters. The van der Waals surface area contributed by atoms with Gasteiger partial charge in [-0.1, -0.05) is 13.8 Å². The molecule has 0 fully saturated rings. The Morgan fingerprint density at radius 1 is 1.56 bits per heavy atom. The Labute approximate surface area is 55.7 Å². The normalized spacial score (nSPS) is 13.4. The third-order valence-electron chi connectivity index (χ3n) is 1.24. The van der Waals surface area contributed by atoms with Gasteiger partial charge in [-0.2, -0.15) is 0 Å². The van der Waals surface area contributed by atoms with Crippen molar-refractivity contribution < 1.29 is 4.74 Å². The van der Waals surface area contributed by atoms with Crippen molar-refractivity contribution in [1.82, 2.24) is 0 Å². The zero-order valence-electron chi connectivity index (χ0n) is 6.14. The van der Waals surface area contributed by atoms with Crippen molar-refractivity contribution in [2.75, 3.05) is 7.11 Å². The van der Waals surface area contributed by atoms with E-state index in [9.17, 15) is 0 Å². The minimum Gasteiger partial charge on any atom is -0.483 e. The highest BCUT2D eigenvalue weighted by Gasteiger charge is 2.12. The second kappa shape index (κ2) is 3.45. The number of methoxy groups -OCH3 is 1. The summed E-state index contributed by atoms with van der Waals surface area (Å²) >= 11 is 0. The first-order valence-electron chi connectivity index (χ1n) is 2.97. The molecule has 0 spiro atoms. The molecule has 0 aromatic rings. The molecule has 1 atom stereocenters. The molecule has 0 saturated carbocycles. The minimum atomic E-state index is -0.255. The zero-order valence-corrected chi connectivity index (χ0v) is 6.14. The lowest BCUT2D eigenvalue weighted by molar-refractivity contribution is 0.361. The third-order valence-corrected chi connectivity index (χ3v) is 1.24. The quantitative estimate of drug-likeness (QED) is 0.424. The van der Waals surface area contributed by atoms with Gasteiger partial charge in [0.2, 0.25) is 0 Å². The molecule has 0 aliphatic carbocycles. The molecule has 0 heterocycles. The second-order valence-electron chi connectivity index (χ2n) is 2.34. The van der Waals surface area contributed by atoms with E-state index >= 15 is 0 Å². The molecule has 0 bridgehead atoms. The fourth-order valence-corrected chi connectivity index (χ4v) is 0.439. The van der Waals surface area contributed by atoms with Crippen molar-refractivity contribution >= 4 is 5.90 Å². The number of nitrogens with two attached hydrogens (primary N) is 1. The van der Waals surface area contributed by atoms with Crippen LogP contribution in [0.2, 0.25) is 0 Å². The predicted molar refractivity (Wildman–Crippen MR) is 37.5 cm³/mol. The van der Waals surface area contributed by atoms with Crippen LogP contribution in [0.3, 0.4) is 0 Å². The van der Waals surface area contributed by atoms with Crippen LogP contribution >= 0.6 is 0 Å². The lowest BCUT2D eigenvalue weighted by Crippen LogP contribution is -2.35. The SMILES string of the molecule is COC(=N)C(N)C(C)C. The Balaban J connectivity index is 3.72. The Morgan fingerprint density at radius 2 is 2.00 bits per heavy atom. The zero-order chi connectivity index (χ0) is 7.44. The Morgan fingerprint density at radius 3 is 2.11 bits per heavy atom. The van der Waals surface area contributed by atoms with Crippen molar-refractivity contribution in [1.29, 1.82) is 5.41 Å². The van der Waals surface area contributed by atoms with Crippen LogP contribution in [0.1, 0.15) is 13.8 Å². The van der Waals surface area contributed by atoms with Gasteiger partial charge in [-0.05, 0) is 5.92 Å². The number of hydrogen-bond donors (Lipinski definition) is 2. The summed E-state index contributed by atoms with van der Waals surface area (Å²) in [7, 11) is 1.46. The van der Waals surface area contributed by atoms with Crippen molar-refractivity contribution in [3.63, 3.8) is 0 Å². The molecule has 9 heavy (non-hydrogen) atoms. The Hall–Kier alpha value is -0.570. The first-order chi connectivity index (χ1) is 4.09. The van der Waals surface area contributed by atoms with E-state index in [-0.39, 0.29) is 17.9 Å². The van der Waals surface area contributed by atoms with Gasteiger partial charge in [-0.3, -0.25) is 5.41 Å². The first kappa shape index (κ1) is 8.43. The van der Waals surface area contributed by atoms with Gasteiger partial charge < -0.3 is 10.5 Å². The summed E-state index contributed by atoms with van der Waals surface area (Å²) in [6.45, 7) is 3.91. The van der Waals surface area contributed by atoms with Gasteiger partial charge in [-0.15, -0.1) is 0 Å². The van der Waals surface area contributed by atoms with E-state index in [0.717, 1.165) is 0 Å². The highest BCUT2D eigenvalue weighted by molar-refractivity contribution is 5.78. The predicted octanol–water partition coefficient (Wildman–Crippen LogP) is 0.593. The summed E-state index contributed by atoms with van der Waals surface area (Å²) < 4.78 is 4.63. The van der Waals surface area contributed by atoms with Gasteiger partial charge in [0.05, 0.1) is 13.2 Å². The summed E-state index contributed by atoms with van der Waals surface area (Å²) in [5.74, 6) is 0.433.